The quantitative estimate of drug-likeness (QED) is 0.484. The molecule has 0 bridgehead atoms. The summed E-state index contributed by atoms with van der Waals surface area (Å²) < 4.78 is 0. The Morgan fingerprint density at radius 1 is 0.577 bits per heavy atom. The zero-order chi connectivity index (χ0) is 17.6. The van der Waals surface area contributed by atoms with E-state index in [2.05, 4.69) is 115 Å². The summed E-state index contributed by atoms with van der Waals surface area (Å²) in [7, 11) is 0. The van der Waals surface area contributed by atoms with Crippen molar-refractivity contribution in [2.75, 3.05) is 0 Å². The molecule has 0 aliphatic heterocycles. The fourth-order valence-electron chi connectivity index (χ4n) is 4.16. The lowest BCUT2D eigenvalue weighted by atomic mass is 9.69. The van der Waals surface area contributed by atoms with E-state index in [0.29, 0.717) is 17.8 Å². The molecule has 0 fully saturated rings. The van der Waals surface area contributed by atoms with Crippen LogP contribution in [-0.2, 0) is 0 Å². The van der Waals surface area contributed by atoms with Crippen LogP contribution in [0.25, 0.3) is 0 Å². The lowest BCUT2D eigenvalue weighted by molar-refractivity contribution is 0.462. The molecule has 0 aromatic heterocycles. The molecule has 1 aliphatic carbocycles. The molecular weight excluding hydrogens is 312 g/mol. The van der Waals surface area contributed by atoms with Gasteiger partial charge in [0.2, 0.25) is 0 Å². The summed E-state index contributed by atoms with van der Waals surface area (Å²) in [6.07, 6.45) is 10.1. The molecule has 2 unspecified atom stereocenters. The van der Waals surface area contributed by atoms with Crippen LogP contribution < -0.4 is 0 Å². The first kappa shape index (κ1) is 16.6. The van der Waals surface area contributed by atoms with Gasteiger partial charge in [-0.2, -0.15) is 0 Å². The first-order valence-electron chi connectivity index (χ1n) is 9.41. The van der Waals surface area contributed by atoms with Crippen molar-refractivity contribution in [1.82, 2.24) is 0 Å². The Morgan fingerprint density at radius 3 is 1.54 bits per heavy atom. The normalized spacial score (nSPS) is 17.3. The van der Waals surface area contributed by atoms with Crippen molar-refractivity contribution in [3.8, 4) is 0 Å². The number of rotatable bonds is 5. The molecule has 4 rings (SSSR count). The molecule has 0 radical (unpaired) electrons. The summed E-state index contributed by atoms with van der Waals surface area (Å²) >= 11 is 0. The largest absolute Gasteiger partial charge is 0.0839 e. The van der Waals surface area contributed by atoms with E-state index in [1.165, 1.54) is 16.7 Å². The van der Waals surface area contributed by atoms with E-state index in [1.54, 1.807) is 0 Å². The Morgan fingerprint density at radius 2 is 1.08 bits per heavy atom. The molecule has 0 saturated heterocycles. The maximum atomic E-state index is 2.39. The Kier molecular flexibility index (Phi) is 5.12. The fraction of sp³-hybridized carbons (Fsp3) is 0.154. The molecule has 26 heavy (non-hydrogen) atoms. The second-order valence-corrected chi connectivity index (χ2v) is 6.95. The molecule has 0 N–H and O–H groups in total. The van der Waals surface area contributed by atoms with Gasteiger partial charge >= 0.3 is 0 Å². The van der Waals surface area contributed by atoms with Gasteiger partial charge < -0.3 is 0 Å². The van der Waals surface area contributed by atoms with Gasteiger partial charge in [-0.25, -0.2) is 0 Å². The average Bonchev–Trinajstić information content (AvgIpc) is 2.74. The minimum Gasteiger partial charge on any atom is -0.0839 e. The first-order valence-corrected chi connectivity index (χ1v) is 9.41. The van der Waals surface area contributed by atoms with E-state index in [-0.39, 0.29) is 0 Å². The topological polar surface area (TPSA) is 0 Å². The van der Waals surface area contributed by atoms with Crippen molar-refractivity contribution in [3.05, 3.63) is 132 Å². The minimum absolute atomic E-state index is 0.334. The molecule has 0 saturated carbocycles. The maximum Gasteiger partial charge on any atom is 0.0164 e. The van der Waals surface area contributed by atoms with E-state index in [4.69, 9.17) is 0 Å². The van der Waals surface area contributed by atoms with Crippen LogP contribution in [0.15, 0.2) is 115 Å². The Labute approximate surface area is 156 Å². The Hall–Kier alpha value is -2.86. The van der Waals surface area contributed by atoms with Gasteiger partial charge in [0.15, 0.2) is 0 Å². The van der Waals surface area contributed by atoms with E-state index in [0.717, 1.165) is 6.42 Å². The summed E-state index contributed by atoms with van der Waals surface area (Å²) in [5.74, 6) is 1.23. The van der Waals surface area contributed by atoms with Crippen LogP contribution in [0.3, 0.4) is 0 Å². The Bertz CT molecular complexity index is 820. The summed E-state index contributed by atoms with van der Waals surface area (Å²) in [6, 6.07) is 32.9. The smallest absolute Gasteiger partial charge is 0.0164 e. The number of hydrogen-bond acceptors (Lipinski definition) is 0. The molecule has 0 spiro atoms. The van der Waals surface area contributed by atoms with Crippen molar-refractivity contribution < 1.29 is 0 Å². The molecule has 1 aliphatic rings. The van der Waals surface area contributed by atoms with E-state index in [1.807, 2.05) is 0 Å². The van der Waals surface area contributed by atoms with Crippen LogP contribution in [0.2, 0.25) is 0 Å². The number of allylic oxidation sites excluding steroid dienone is 4. The lowest BCUT2D eigenvalue weighted by Crippen LogP contribution is -2.21. The monoisotopic (exact) mass is 336 g/mol. The van der Waals surface area contributed by atoms with Crippen molar-refractivity contribution in [2.24, 2.45) is 5.92 Å². The highest BCUT2D eigenvalue weighted by molar-refractivity contribution is 5.40. The lowest BCUT2D eigenvalue weighted by Gasteiger charge is -2.34. The van der Waals surface area contributed by atoms with Crippen molar-refractivity contribution in [1.29, 1.82) is 0 Å². The SMILES string of the molecule is C1=CCC(C(c2ccccc2)C(c2ccccc2)c2ccccc2)C=C1. The first-order chi connectivity index (χ1) is 12.9. The van der Waals surface area contributed by atoms with Crippen LogP contribution >= 0.6 is 0 Å². The van der Waals surface area contributed by atoms with Gasteiger partial charge in [0, 0.05) is 11.8 Å². The maximum absolute atomic E-state index is 2.39. The molecule has 0 amide bonds. The van der Waals surface area contributed by atoms with Gasteiger partial charge in [-0.15, -0.1) is 0 Å². The summed E-state index contributed by atoms with van der Waals surface area (Å²) in [6.45, 7) is 0. The van der Waals surface area contributed by atoms with Gasteiger partial charge in [-0.3, -0.25) is 0 Å². The zero-order valence-electron chi connectivity index (χ0n) is 14.9. The van der Waals surface area contributed by atoms with Gasteiger partial charge in [-0.1, -0.05) is 115 Å². The van der Waals surface area contributed by atoms with Crippen LogP contribution in [0.1, 0.15) is 34.9 Å². The molecular formula is C26H24. The summed E-state index contributed by atoms with van der Waals surface area (Å²) in [5, 5.41) is 0. The summed E-state index contributed by atoms with van der Waals surface area (Å²) in [5.41, 5.74) is 4.18. The summed E-state index contributed by atoms with van der Waals surface area (Å²) in [4.78, 5) is 0. The number of benzene rings is 3. The van der Waals surface area contributed by atoms with Crippen molar-refractivity contribution in [2.45, 2.75) is 18.3 Å². The van der Waals surface area contributed by atoms with Crippen molar-refractivity contribution >= 4 is 0 Å². The van der Waals surface area contributed by atoms with Crippen LogP contribution in [0, 0.1) is 5.92 Å². The highest BCUT2D eigenvalue weighted by atomic mass is 14.3. The predicted molar refractivity (Wildman–Crippen MR) is 110 cm³/mol. The molecule has 0 nitrogen and oxygen atoms in total. The molecule has 0 heteroatoms. The third kappa shape index (κ3) is 3.55. The minimum atomic E-state index is 0.334. The molecule has 0 heterocycles. The highest BCUT2D eigenvalue weighted by Gasteiger charge is 2.31. The third-order valence-corrected chi connectivity index (χ3v) is 5.34. The highest BCUT2D eigenvalue weighted by Crippen LogP contribution is 2.45. The van der Waals surface area contributed by atoms with E-state index in [9.17, 15) is 0 Å². The van der Waals surface area contributed by atoms with Crippen LogP contribution in [-0.4, -0.2) is 0 Å². The third-order valence-electron chi connectivity index (χ3n) is 5.34. The molecule has 3 aromatic carbocycles. The fourth-order valence-corrected chi connectivity index (χ4v) is 4.16. The van der Waals surface area contributed by atoms with Crippen molar-refractivity contribution in [3.63, 3.8) is 0 Å². The predicted octanol–water partition coefficient (Wildman–Crippen LogP) is 6.73. The molecule has 3 aromatic rings. The second kappa shape index (κ2) is 8.01. The Balaban J connectivity index is 1.86. The van der Waals surface area contributed by atoms with Crippen LogP contribution in [0.4, 0.5) is 0 Å². The standard InChI is InChI=1S/C26H24/c1-5-13-21(14-6-1)25(22-15-7-2-8-16-22)26(23-17-9-3-10-18-23)24-19-11-4-12-20-24/h1-19,24-26H,20H2. The molecule has 128 valence electrons. The zero-order valence-corrected chi connectivity index (χ0v) is 14.9. The average molecular weight is 336 g/mol. The van der Waals surface area contributed by atoms with E-state index >= 15 is 0 Å². The van der Waals surface area contributed by atoms with Gasteiger partial charge in [-0.05, 0) is 29.0 Å². The van der Waals surface area contributed by atoms with Gasteiger partial charge in [0.05, 0.1) is 0 Å². The van der Waals surface area contributed by atoms with E-state index < -0.39 is 0 Å². The second-order valence-electron chi connectivity index (χ2n) is 6.95. The molecule has 2 atom stereocenters. The van der Waals surface area contributed by atoms with Gasteiger partial charge in [0.1, 0.15) is 0 Å². The van der Waals surface area contributed by atoms with Gasteiger partial charge in [0.25, 0.3) is 0 Å². The number of hydrogen-bond donors (Lipinski definition) is 0. The van der Waals surface area contributed by atoms with Crippen LogP contribution in [0.5, 0.6) is 0 Å².